The highest BCUT2D eigenvalue weighted by Gasteiger charge is 2.20. The van der Waals surface area contributed by atoms with Crippen LogP contribution in [0.15, 0.2) is 0 Å². The summed E-state index contributed by atoms with van der Waals surface area (Å²) in [5.74, 6) is 0. The minimum absolute atomic E-state index is 0.0408. The predicted octanol–water partition coefficient (Wildman–Crippen LogP) is 3.58. The molecule has 7 nitrogen and oxygen atoms in total. The van der Waals surface area contributed by atoms with Crippen LogP contribution in [0.3, 0.4) is 0 Å². The molecule has 0 rings (SSSR count). The lowest BCUT2D eigenvalue weighted by Crippen LogP contribution is -2.37. The molecule has 0 bridgehead atoms. The molecule has 0 aliphatic carbocycles. The Bertz CT molecular complexity index is 380. The zero-order valence-electron chi connectivity index (χ0n) is 20.9. The fourth-order valence-electron chi connectivity index (χ4n) is 3.60. The molecular formula is C24H51N3O4. The van der Waals surface area contributed by atoms with Gasteiger partial charge in [-0.3, -0.25) is 0 Å². The standard InChI is InChI=1S/C24H51N3O4/c1-25(2)17-13-19-27(20-14-18-26(3)4)24(30)31-23(15-9-5-7-11-21-28)16-10-6-8-12-22-29/h23,28-29H,5-22H2,1-4H3. The Morgan fingerprint density at radius 2 is 1.06 bits per heavy atom. The van der Waals surface area contributed by atoms with Crippen molar-refractivity contribution in [2.45, 2.75) is 83.2 Å². The third kappa shape index (κ3) is 19.5. The van der Waals surface area contributed by atoms with E-state index < -0.39 is 0 Å². The van der Waals surface area contributed by atoms with Gasteiger partial charge in [-0.15, -0.1) is 0 Å². The third-order valence-electron chi connectivity index (χ3n) is 5.46. The second-order valence-electron chi connectivity index (χ2n) is 9.16. The average Bonchev–Trinajstić information content (AvgIpc) is 2.71. The summed E-state index contributed by atoms with van der Waals surface area (Å²) in [6.07, 6.45) is 11.4. The van der Waals surface area contributed by atoms with E-state index in [1.165, 1.54) is 0 Å². The van der Waals surface area contributed by atoms with Crippen molar-refractivity contribution in [2.75, 3.05) is 67.6 Å². The number of hydrogen-bond acceptors (Lipinski definition) is 6. The number of rotatable bonds is 21. The van der Waals surface area contributed by atoms with E-state index in [1.807, 2.05) is 4.90 Å². The van der Waals surface area contributed by atoms with Gasteiger partial charge in [-0.25, -0.2) is 4.79 Å². The number of amides is 1. The molecule has 186 valence electrons. The van der Waals surface area contributed by atoms with Crippen LogP contribution in [0.5, 0.6) is 0 Å². The second-order valence-corrected chi connectivity index (χ2v) is 9.16. The summed E-state index contributed by atoms with van der Waals surface area (Å²) >= 11 is 0. The molecule has 0 aromatic heterocycles. The summed E-state index contributed by atoms with van der Waals surface area (Å²) in [6.45, 7) is 3.86. The summed E-state index contributed by atoms with van der Waals surface area (Å²) in [4.78, 5) is 19.2. The summed E-state index contributed by atoms with van der Waals surface area (Å²) in [6, 6.07) is 0. The van der Waals surface area contributed by atoms with Gasteiger partial charge in [0.2, 0.25) is 0 Å². The fraction of sp³-hybridized carbons (Fsp3) is 0.958. The first-order valence-corrected chi connectivity index (χ1v) is 12.4. The predicted molar refractivity (Wildman–Crippen MR) is 129 cm³/mol. The maximum Gasteiger partial charge on any atom is 0.410 e. The van der Waals surface area contributed by atoms with Crippen molar-refractivity contribution in [3.63, 3.8) is 0 Å². The Hall–Kier alpha value is -0.890. The maximum atomic E-state index is 13.0. The molecule has 0 aliphatic heterocycles. The highest BCUT2D eigenvalue weighted by atomic mass is 16.6. The lowest BCUT2D eigenvalue weighted by atomic mass is 10.0. The number of aliphatic hydroxyl groups is 2. The number of ether oxygens (including phenoxy) is 1. The van der Waals surface area contributed by atoms with Crippen LogP contribution in [0, 0.1) is 0 Å². The summed E-state index contributed by atoms with van der Waals surface area (Å²) in [7, 11) is 8.22. The third-order valence-corrected chi connectivity index (χ3v) is 5.46. The lowest BCUT2D eigenvalue weighted by Gasteiger charge is -2.27. The Morgan fingerprint density at radius 1 is 0.645 bits per heavy atom. The second kappa shape index (κ2) is 21.0. The Labute approximate surface area is 191 Å². The number of nitrogens with zero attached hydrogens (tertiary/aromatic N) is 3. The topological polar surface area (TPSA) is 76.5 Å². The molecule has 2 N–H and O–H groups in total. The molecule has 0 aromatic rings. The van der Waals surface area contributed by atoms with Crippen LogP contribution in [0.1, 0.15) is 77.0 Å². The average molecular weight is 446 g/mol. The van der Waals surface area contributed by atoms with Crippen LogP contribution >= 0.6 is 0 Å². The van der Waals surface area contributed by atoms with Crippen LogP contribution in [-0.4, -0.2) is 105 Å². The quantitative estimate of drug-likeness (QED) is 0.263. The van der Waals surface area contributed by atoms with E-state index in [4.69, 9.17) is 14.9 Å². The fourth-order valence-corrected chi connectivity index (χ4v) is 3.60. The first kappa shape index (κ1) is 30.1. The van der Waals surface area contributed by atoms with Crippen molar-refractivity contribution in [3.05, 3.63) is 0 Å². The van der Waals surface area contributed by atoms with E-state index in [2.05, 4.69) is 38.0 Å². The van der Waals surface area contributed by atoms with Gasteiger partial charge in [-0.1, -0.05) is 25.7 Å². The molecule has 0 saturated carbocycles. The van der Waals surface area contributed by atoms with Crippen molar-refractivity contribution < 1.29 is 19.7 Å². The number of carbonyl (C=O) groups excluding carboxylic acids is 1. The molecule has 1 amide bonds. The van der Waals surface area contributed by atoms with Crippen LogP contribution in [0.25, 0.3) is 0 Å². The van der Waals surface area contributed by atoms with Gasteiger partial charge in [-0.2, -0.15) is 0 Å². The van der Waals surface area contributed by atoms with Gasteiger partial charge in [0.05, 0.1) is 0 Å². The van der Waals surface area contributed by atoms with E-state index in [0.29, 0.717) is 0 Å². The Kier molecular flexibility index (Phi) is 20.4. The molecule has 0 atom stereocenters. The maximum absolute atomic E-state index is 13.0. The molecule has 0 aliphatic rings. The van der Waals surface area contributed by atoms with Crippen LogP contribution in [0.2, 0.25) is 0 Å². The van der Waals surface area contributed by atoms with Gasteiger partial charge in [-0.05, 0) is 92.6 Å². The molecule has 0 radical (unpaired) electrons. The van der Waals surface area contributed by atoms with Crippen LogP contribution in [-0.2, 0) is 4.74 Å². The summed E-state index contributed by atoms with van der Waals surface area (Å²) in [5.41, 5.74) is 0. The van der Waals surface area contributed by atoms with E-state index in [9.17, 15) is 4.79 Å². The Balaban J connectivity index is 4.71. The van der Waals surface area contributed by atoms with E-state index in [-0.39, 0.29) is 25.4 Å². The van der Waals surface area contributed by atoms with E-state index in [1.54, 1.807) is 0 Å². The summed E-state index contributed by atoms with van der Waals surface area (Å²) in [5, 5.41) is 17.9. The van der Waals surface area contributed by atoms with E-state index >= 15 is 0 Å². The molecule has 7 heteroatoms. The van der Waals surface area contributed by atoms with Gasteiger partial charge in [0.15, 0.2) is 0 Å². The smallest absolute Gasteiger partial charge is 0.410 e. The number of unbranched alkanes of at least 4 members (excludes halogenated alkanes) is 6. The molecule has 0 spiro atoms. The molecule has 0 saturated heterocycles. The largest absolute Gasteiger partial charge is 0.446 e. The van der Waals surface area contributed by atoms with Crippen molar-refractivity contribution in [1.29, 1.82) is 0 Å². The normalized spacial score (nSPS) is 11.6. The van der Waals surface area contributed by atoms with E-state index in [0.717, 1.165) is 103 Å². The molecule has 0 unspecified atom stereocenters. The zero-order valence-corrected chi connectivity index (χ0v) is 20.9. The number of aliphatic hydroxyl groups excluding tert-OH is 2. The molecule has 31 heavy (non-hydrogen) atoms. The number of hydrogen-bond donors (Lipinski definition) is 2. The lowest BCUT2D eigenvalue weighted by molar-refractivity contribution is 0.0510. The SMILES string of the molecule is CN(C)CCCN(CCCN(C)C)C(=O)OC(CCCCCCO)CCCCCCO. The van der Waals surface area contributed by atoms with Gasteiger partial charge in [0.25, 0.3) is 0 Å². The van der Waals surface area contributed by atoms with Crippen molar-refractivity contribution in [3.8, 4) is 0 Å². The van der Waals surface area contributed by atoms with Crippen molar-refractivity contribution in [1.82, 2.24) is 14.7 Å². The minimum Gasteiger partial charge on any atom is -0.446 e. The van der Waals surface area contributed by atoms with Gasteiger partial charge in [0, 0.05) is 26.3 Å². The Morgan fingerprint density at radius 3 is 1.45 bits per heavy atom. The van der Waals surface area contributed by atoms with Crippen molar-refractivity contribution >= 4 is 6.09 Å². The minimum atomic E-state index is -0.173. The summed E-state index contributed by atoms with van der Waals surface area (Å²) < 4.78 is 6.00. The van der Waals surface area contributed by atoms with Crippen LogP contribution in [0.4, 0.5) is 4.79 Å². The van der Waals surface area contributed by atoms with Crippen molar-refractivity contribution in [2.24, 2.45) is 0 Å². The highest BCUT2D eigenvalue weighted by Crippen LogP contribution is 2.17. The molecular weight excluding hydrogens is 394 g/mol. The molecule has 0 heterocycles. The monoisotopic (exact) mass is 445 g/mol. The van der Waals surface area contributed by atoms with Gasteiger partial charge < -0.3 is 29.6 Å². The van der Waals surface area contributed by atoms with Gasteiger partial charge >= 0.3 is 6.09 Å². The number of carbonyl (C=O) groups is 1. The first-order chi connectivity index (χ1) is 14.9. The highest BCUT2D eigenvalue weighted by molar-refractivity contribution is 5.67. The molecule has 0 aromatic carbocycles. The van der Waals surface area contributed by atoms with Crippen LogP contribution < -0.4 is 0 Å². The molecule has 0 fully saturated rings. The van der Waals surface area contributed by atoms with Gasteiger partial charge in [0.1, 0.15) is 6.10 Å². The zero-order chi connectivity index (χ0) is 23.3. The first-order valence-electron chi connectivity index (χ1n) is 12.4.